The first-order valence-corrected chi connectivity index (χ1v) is 16.3. The number of hydrogen-bond donors (Lipinski definition) is 0. The highest BCUT2D eigenvalue weighted by Gasteiger charge is 2.24. The summed E-state index contributed by atoms with van der Waals surface area (Å²) in [5.41, 5.74) is 6.90. The third-order valence-corrected chi connectivity index (χ3v) is 9.72. The van der Waals surface area contributed by atoms with E-state index in [-0.39, 0.29) is 0 Å². The van der Waals surface area contributed by atoms with Crippen molar-refractivity contribution in [3.63, 3.8) is 0 Å². The van der Waals surface area contributed by atoms with E-state index in [1.54, 1.807) is 0 Å². The predicted molar refractivity (Wildman–Crippen MR) is 184 cm³/mol. The highest BCUT2D eigenvalue weighted by Crippen LogP contribution is 2.42. The minimum Gasteiger partial charge on any atom is -0.476 e. The van der Waals surface area contributed by atoms with E-state index in [0.29, 0.717) is 12.2 Å². The molecule has 0 saturated heterocycles. The van der Waals surface area contributed by atoms with Crippen LogP contribution in [0, 0.1) is 0 Å². The highest BCUT2D eigenvalue weighted by atomic mass is 79.9. The van der Waals surface area contributed by atoms with Gasteiger partial charge in [-0.05, 0) is 77.9 Å². The van der Waals surface area contributed by atoms with E-state index in [4.69, 9.17) is 9.47 Å². The van der Waals surface area contributed by atoms with Gasteiger partial charge in [-0.3, -0.25) is 0 Å². The lowest BCUT2D eigenvalue weighted by Crippen LogP contribution is -2.31. The van der Waals surface area contributed by atoms with E-state index in [2.05, 4.69) is 111 Å². The molecule has 5 aromatic carbocycles. The van der Waals surface area contributed by atoms with E-state index >= 15 is 0 Å². The fourth-order valence-corrected chi connectivity index (χ4v) is 7.90. The van der Waals surface area contributed by atoms with Crippen molar-refractivity contribution in [3.8, 4) is 28.0 Å². The lowest BCUT2D eigenvalue weighted by atomic mass is 9.96. The number of rotatable bonds is 9. The van der Waals surface area contributed by atoms with Crippen molar-refractivity contribution in [3.05, 3.63) is 146 Å². The Hall–Kier alpha value is -3.71. The SMILES string of the molecule is COC(=O)[C@@H](Cc1ccccc1)Oc1c(Br)cc(-c2ccc(-c3c(Cc4ccccc4)sc4ccccc34)cc2)cc1Br. The molecule has 0 saturated carbocycles. The zero-order valence-corrected chi connectivity index (χ0v) is 27.4. The Morgan fingerprint density at radius 1 is 0.721 bits per heavy atom. The molecule has 0 N–H and O–H groups in total. The second kappa shape index (κ2) is 13.3. The lowest BCUT2D eigenvalue weighted by Gasteiger charge is -2.20. The molecule has 0 aliphatic carbocycles. The highest BCUT2D eigenvalue weighted by molar-refractivity contribution is 9.11. The number of thiophene rings is 1. The molecule has 0 radical (unpaired) electrons. The third kappa shape index (κ3) is 6.62. The van der Waals surface area contributed by atoms with Gasteiger partial charge < -0.3 is 9.47 Å². The minimum atomic E-state index is -0.782. The van der Waals surface area contributed by atoms with Gasteiger partial charge in [0.15, 0.2) is 6.10 Å². The molecule has 0 bridgehead atoms. The molecule has 0 unspecified atom stereocenters. The standard InChI is InChI=1S/C37H28Br2O3S/c1-41-37(40)32(20-24-10-4-2-5-11-24)42-36-30(38)22-28(23-31(36)39)26-16-18-27(19-17-26)35-29-14-8-9-15-33(29)43-34(35)21-25-12-6-3-7-13-25/h2-19,22-23,32H,20-21H2,1H3/t32-/m1/s1. The van der Waals surface area contributed by atoms with Crippen LogP contribution < -0.4 is 4.74 Å². The number of hydrogen-bond acceptors (Lipinski definition) is 4. The van der Waals surface area contributed by atoms with Crippen LogP contribution in [-0.2, 0) is 22.4 Å². The summed E-state index contributed by atoms with van der Waals surface area (Å²) in [6.07, 6.45) is 0.518. The maximum Gasteiger partial charge on any atom is 0.347 e. The van der Waals surface area contributed by atoms with Gasteiger partial charge in [0.25, 0.3) is 0 Å². The number of carbonyl (C=O) groups is 1. The van der Waals surface area contributed by atoms with Gasteiger partial charge >= 0.3 is 5.97 Å². The zero-order valence-electron chi connectivity index (χ0n) is 23.4. The Morgan fingerprint density at radius 2 is 1.30 bits per heavy atom. The maximum absolute atomic E-state index is 12.6. The molecule has 0 spiro atoms. The number of fused-ring (bicyclic) bond motifs is 1. The summed E-state index contributed by atoms with van der Waals surface area (Å²) in [6.45, 7) is 0. The van der Waals surface area contributed by atoms with Crippen molar-refractivity contribution in [1.82, 2.24) is 0 Å². The molecule has 6 aromatic rings. The molecule has 6 heteroatoms. The van der Waals surface area contributed by atoms with Crippen LogP contribution in [0.3, 0.4) is 0 Å². The molecule has 3 nitrogen and oxygen atoms in total. The van der Waals surface area contributed by atoms with E-state index in [0.717, 1.165) is 32.1 Å². The summed E-state index contributed by atoms with van der Waals surface area (Å²) < 4.78 is 14.1. The van der Waals surface area contributed by atoms with Crippen LogP contribution >= 0.6 is 43.2 Å². The van der Waals surface area contributed by atoms with Crippen LogP contribution in [0.1, 0.15) is 16.0 Å². The lowest BCUT2D eigenvalue weighted by molar-refractivity contribution is -0.148. The van der Waals surface area contributed by atoms with Crippen molar-refractivity contribution >= 4 is 59.3 Å². The average molecular weight is 713 g/mol. The molecule has 1 aromatic heterocycles. The van der Waals surface area contributed by atoms with Crippen LogP contribution in [0.2, 0.25) is 0 Å². The molecule has 0 aliphatic rings. The first kappa shape index (κ1) is 29.4. The van der Waals surface area contributed by atoms with Crippen molar-refractivity contribution in [1.29, 1.82) is 0 Å². The largest absolute Gasteiger partial charge is 0.476 e. The monoisotopic (exact) mass is 710 g/mol. The number of carbonyl (C=O) groups excluding carboxylic acids is 1. The number of methoxy groups -OCH3 is 1. The Kier molecular flexibility index (Phi) is 9.08. The number of ether oxygens (including phenoxy) is 2. The van der Waals surface area contributed by atoms with Crippen molar-refractivity contribution < 1.29 is 14.3 Å². The second-order valence-corrected chi connectivity index (χ2v) is 13.1. The zero-order chi connectivity index (χ0) is 29.8. The summed E-state index contributed by atoms with van der Waals surface area (Å²) in [5, 5.41) is 1.29. The molecule has 43 heavy (non-hydrogen) atoms. The van der Waals surface area contributed by atoms with Crippen LogP contribution in [0.5, 0.6) is 5.75 Å². The van der Waals surface area contributed by atoms with Crippen LogP contribution in [-0.4, -0.2) is 19.2 Å². The fourth-order valence-electron chi connectivity index (χ4n) is 5.26. The smallest absolute Gasteiger partial charge is 0.347 e. The van der Waals surface area contributed by atoms with Gasteiger partial charge in [0.2, 0.25) is 0 Å². The third-order valence-electron chi connectivity index (χ3n) is 7.37. The summed E-state index contributed by atoms with van der Waals surface area (Å²) in [6, 6.07) is 41.8. The molecule has 6 rings (SSSR count). The average Bonchev–Trinajstić information content (AvgIpc) is 3.40. The Morgan fingerprint density at radius 3 is 1.95 bits per heavy atom. The van der Waals surface area contributed by atoms with Gasteiger partial charge in [-0.1, -0.05) is 103 Å². The number of esters is 1. The molecule has 1 atom stereocenters. The van der Waals surface area contributed by atoms with Crippen LogP contribution in [0.15, 0.2) is 130 Å². The summed E-state index contributed by atoms with van der Waals surface area (Å²) in [5.74, 6) is 0.136. The topological polar surface area (TPSA) is 35.5 Å². The minimum absolute atomic E-state index is 0.402. The Balaban J connectivity index is 1.28. The van der Waals surface area contributed by atoms with Gasteiger partial charge in [0, 0.05) is 33.4 Å². The van der Waals surface area contributed by atoms with E-state index in [1.807, 2.05) is 53.8 Å². The normalized spacial score (nSPS) is 11.8. The van der Waals surface area contributed by atoms with Gasteiger partial charge in [0.1, 0.15) is 5.75 Å². The van der Waals surface area contributed by atoms with E-state index in [1.165, 1.54) is 38.8 Å². The van der Waals surface area contributed by atoms with Crippen molar-refractivity contribution in [2.75, 3.05) is 7.11 Å². The Labute approximate surface area is 272 Å². The molecule has 214 valence electrons. The van der Waals surface area contributed by atoms with Crippen LogP contribution in [0.25, 0.3) is 32.3 Å². The predicted octanol–water partition coefficient (Wildman–Crippen LogP) is 10.5. The first-order valence-electron chi connectivity index (χ1n) is 13.9. The molecule has 0 fully saturated rings. The first-order chi connectivity index (χ1) is 21.0. The summed E-state index contributed by atoms with van der Waals surface area (Å²) in [4.78, 5) is 14.0. The molecular formula is C37H28Br2O3S. The number of halogens is 2. The van der Waals surface area contributed by atoms with E-state index in [9.17, 15) is 4.79 Å². The van der Waals surface area contributed by atoms with Gasteiger partial charge in [0.05, 0.1) is 16.1 Å². The molecule has 0 amide bonds. The van der Waals surface area contributed by atoms with Gasteiger partial charge in [-0.25, -0.2) is 4.79 Å². The second-order valence-electron chi connectivity index (χ2n) is 10.2. The van der Waals surface area contributed by atoms with Gasteiger partial charge in [-0.15, -0.1) is 11.3 Å². The summed E-state index contributed by atoms with van der Waals surface area (Å²) in [7, 11) is 1.38. The quantitative estimate of drug-likeness (QED) is 0.140. The van der Waals surface area contributed by atoms with E-state index < -0.39 is 12.1 Å². The molecule has 0 aliphatic heterocycles. The van der Waals surface area contributed by atoms with Crippen molar-refractivity contribution in [2.45, 2.75) is 18.9 Å². The summed E-state index contributed by atoms with van der Waals surface area (Å²) >= 11 is 9.25. The van der Waals surface area contributed by atoms with Crippen LogP contribution in [0.4, 0.5) is 0 Å². The van der Waals surface area contributed by atoms with Gasteiger partial charge in [-0.2, -0.15) is 0 Å². The fraction of sp³-hybridized carbons (Fsp3) is 0.108. The number of benzene rings is 5. The van der Waals surface area contributed by atoms with Crippen molar-refractivity contribution in [2.24, 2.45) is 0 Å². The maximum atomic E-state index is 12.6. The Bertz CT molecular complexity index is 1840. The molecule has 1 heterocycles. The molecular weight excluding hydrogens is 684 g/mol.